The fourth-order valence-electron chi connectivity index (χ4n) is 1.73. The van der Waals surface area contributed by atoms with Gasteiger partial charge in [-0.2, -0.15) is 10.5 Å². The molecule has 2 aromatic rings. The van der Waals surface area contributed by atoms with Crippen LogP contribution in [0.5, 0.6) is 0 Å². The zero-order chi connectivity index (χ0) is 14.4. The summed E-state index contributed by atoms with van der Waals surface area (Å²) in [7, 11) is 0. The smallest absolute Gasteiger partial charge is 0.130 e. The largest absolute Gasteiger partial charge is 0.244 e. The lowest BCUT2D eigenvalue weighted by molar-refractivity contribution is 1.14. The molecule has 0 aliphatic heterocycles. The van der Waals surface area contributed by atoms with E-state index in [0.29, 0.717) is 5.15 Å². The van der Waals surface area contributed by atoms with Crippen LogP contribution in [0.25, 0.3) is 6.08 Å². The minimum atomic E-state index is 0.0969. The van der Waals surface area contributed by atoms with E-state index < -0.39 is 0 Å². The second-order valence-corrected chi connectivity index (χ2v) is 4.58. The van der Waals surface area contributed by atoms with Crippen LogP contribution in [0.3, 0.4) is 0 Å². The van der Waals surface area contributed by atoms with Gasteiger partial charge in [-0.15, -0.1) is 0 Å². The number of nitrogens with zero attached hydrogens (tertiary/aromatic N) is 3. The quantitative estimate of drug-likeness (QED) is 0.635. The Bertz CT molecular complexity index is 685. The summed E-state index contributed by atoms with van der Waals surface area (Å²) >= 11 is 5.74. The van der Waals surface area contributed by atoms with E-state index in [1.165, 1.54) is 0 Å². The summed E-state index contributed by atoms with van der Waals surface area (Å²) in [5, 5.41) is 17.9. The molecular formula is C16H10ClN3. The first-order valence-corrected chi connectivity index (χ1v) is 6.30. The molecule has 0 amide bonds. The van der Waals surface area contributed by atoms with Crippen LogP contribution in [-0.2, 0) is 6.42 Å². The average molecular weight is 280 g/mol. The molecule has 0 atom stereocenters. The second-order valence-electron chi connectivity index (χ2n) is 4.19. The van der Waals surface area contributed by atoms with Crippen molar-refractivity contribution in [3.63, 3.8) is 0 Å². The summed E-state index contributed by atoms with van der Waals surface area (Å²) in [6, 6.07) is 15.1. The van der Waals surface area contributed by atoms with E-state index in [2.05, 4.69) is 4.98 Å². The van der Waals surface area contributed by atoms with Crippen LogP contribution in [0.15, 0.2) is 48.2 Å². The van der Waals surface area contributed by atoms with E-state index in [9.17, 15) is 0 Å². The second kappa shape index (κ2) is 6.52. The van der Waals surface area contributed by atoms with E-state index in [-0.39, 0.29) is 5.57 Å². The Morgan fingerprint density at radius 3 is 2.25 bits per heavy atom. The summed E-state index contributed by atoms with van der Waals surface area (Å²) in [4.78, 5) is 4.04. The van der Waals surface area contributed by atoms with E-state index in [0.717, 1.165) is 23.1 Å². The lowest BCUT2D eigenvalue weighted by Gasteiger charge is -2.02. The number of benzene rings is 1. The Morgan fingerprint density at radius 1 is 1.05 bits per heavy atom. The number of allylic oxidation sites excluding steroid dienone is 1. The Morgan fingerprint density at radius 2 is 1.70 bits per heavy atom. The summed E-state index contributed by atoms with van der Waals surface area (Å²) in [5.74, 6) is 0. The Balaban J connectivity index is 2.13. The molecule has 0 aliphatic carbocycles. The summed E-state index contributed by atoms with van der Waals surface area (Å²) in [6.07, 6.45) is 4.07. The van der Waals surface area contributed by atoms with Gasteiger partial charge in [-0.1, -0.05) is 41.9 Å². The standard InChI is InChI=1S/C16H10ClN3/c17-16-6-5-14(11-20-16)7-12-1-3-13(4-2-12)8-15(9-18)10-19/h1-6,8,11H,7H2. The van der Waals surface area contributed by atoms with Crippen molar-refractivity contribution in [3.8, 4) is 12.1 Å². The number of rotatable bonds is 3. The van der Waals surface area contributed by atoms with Crippen molar-refractivity contribution in [2.24, 2.45) is 0 Å². The summed E-state index contributed by atoms with van der Waals surface area (Å²) in [6.45, 7) is 0. The van der Waals surface area contributed by atoms with E-state index in [1.54, 1.807) is 18.3 Å². The SMILES string of the molecule is N#CC(C#N)=Cc1ccc(Cc2ccc(Cl)nc2)cc1. The molecule has 0 saturated carbocycles. The first-order valence-electron chi connectivity index (χ1n) is 5.92. The number of pyridine rings is 1. The van der Waals surface area contributed by atoms with Crippen LogP contribution < -0.4 is 0 Å². The molecule has 2 rings (SSSR count). The van der Waals surface area contributed by atoms with Gasteiger partial charge in [-0.25, -0.2) is 4.98 Å². The topological polar surface area (TPSA) is 60.5 Å². The molecule has 0 fully saturated rings. The van der Waals surface area contributed by atoms with Crippen LogP contribution >= 0.6 is 11.6 Å². The van der Waals surface area contributed by atoms with Gasteiger partial charge in [0.25, 0.3) is 0 Å². The van der Waals surface area contributed by atoms with Crippen LogP contribution in [0.4, 0.5) is 0 Å². The summed E-state index contributed by atoms with van der Waals surface area (Å²) < 4.78 is 0. The van der Waals surface area contributed by atoms with Gasteiger partial charge >= 0.3 is 0 Å². The molecule has 1 heterocycles. The first kappa shape index (κ1) is 13.8. The molecule has 96 valence electrons. The van der Waals surface area contributed by atoms with Crippen LogP contribution in [-0.4, -0.2) is 4.98 Å². The number of hydrogen-bond donors (Lipinski definition) is 0. The van der Waals surface area contributed by atoms with Crippen LogP contribution in [0.2, 0.25) is 5.15 Å². The normalized spacial score (nSPS) is 9.35. The highest BCUT2D eigenvalue weighted by molar-refractivity contribution is 6.29. The monoisotopic (exact) mass is 279 g/mol. The lowest BCUT2D eigenvalue weighted by atomic mass is 10.0. The van der Waals surface area contributed by atoms with Gasteiger partial charge in [0.1, 0.15) is 22.9 Å². The van der Waals surface area contributed by atoms with Crippen molar-refractivity contribution in [1.82, 2.24) is 4.98 Å². The number of halogens is 1. The third kappa shape index (κ3) is 3.68. The highest BCUT2D eigenvalue weighted by Gasteiger charge is 1.99. The first-order chi connectivity index (χ1) is 9.71. The zero-order valence-corrected chi connectivity index (χ0v) is 11.3. The van der Waals surface area contributed by atoms with E-state index >= 15 is 0 Å². The highest BCUT2D eigenvalue weighted by Crippen LogP contribution is 2.13. The third-order valence-corrected chi connectivity index (χ3v) is 2.95. The molecule has 0 unspecified atom stereocenters. The maximum Gasteiger partial charge on any atom is 0.130 e. The predicted molar refractivity (Wildman–Crippen MR) is 77.7 cm³/mol. The summed E-state index contributed by atoms with van der Waals surface area (Å²) in [5.41, 5.74) is 3.13. The predicted octanol–water partition coefficient (Wildman–Crippen LogP) is 3.76. The molecule has 0 radical (unpaired) electrons. The van der Waals surface area contributed by atoms with Crippen molar-refractivity contribution in [1.29, 1.82) is 10.5 Å². The third-order valence-electron chi connectivity index (χ3n) is 2.73. The van der Waals surface area contributed by atoms with Crippen LogP contribution in [0.1, 0.15) is 16.7 Å². The van der Waals surface area contributed by atoms with Crippen molar-refractivity contribution < 1.29 is 0 Å². The van der Waals surface area contributed by atoms with Gasteiger partial charge in [0.05, 0.1) is 0 Å². The molecule has 20 heavy (non-hydrogen) atoms. The molecule has 0 aliphatic rings. The van der Waals surface area contributed by atoms with E-state index in [1.807, 2.05) is 42.5 Å². The van der Waals surface area contributed by atoms with Gasteiger partial charge < -0.3 is 0 Å². The molecule has 0 spiro atoms. The zero-order valence-electron chi connectivity index (χ0n) is 10.5. The number of hydrogen-bond acceptors (Lipinski definition) is 3. The molecule has 1 aromatic heterocycles. The molecule has 4 heteroatoms. The van der Waals surface area contributed by atoms with Gasteiger partial charge in [0, 0.05) is 6.20 Å². The highest BCUT2D eigenvalue weighted by atomic mass is 35.5. The molecular weight excluding hydrogens is 270 g/mol. The fourth-order valence-corrected chi connectivity index (χ4v) is 1.85. The Labute approximate surface area is 122 Å². The lowest BCUT2D eigenvalue weighted by Crippen LogP contribution is -1.89. The van der Waals surface area contributed by atoms with Gasteiger partial charge in [0.15, 0.2) is 0 Å². The molecule has 0 N–H and O–H groups in total. The Hall–Kier alpha value is -2.62. The van der Waals surface area contributed by atoms with Crippen LogP contribution in [0, 0.1) is 22.7 Å². The molecule has 0 saturated heterocycles. The van der Waals surface area contributed by atoms with Crippen molar-refractivity contribution >= 4 is 17.7 Å². The van der Waals surface area contributed by atoms with Crippen molar-refractivity contribution in [2.45, 2.75) is 6.42 Å². The average Bonchev–Trinajstić information content (AvgIpc) is 2.49. The number of nitriles is 2. The van der Waals surface area contributed by atoms with Gasteiger partial charge in [0.2, 0.25) is 0 Å². The minimum absolute atomic E-state index is 0.0969. The number of aromatic nitrogens is 1. The molecule has 0 bridgehead atoms. The Kier molecular flexibility index (Phi) is 4.50. The van der Waals surface area contributed by atoms with Gasteiger partial charge in [-0.05, 0) is 35.3 Å². The maximum absolute atomic E-state index is 8.70. The van der Waals surface area contributed by atoms with Crippen molar-refractivity contribution in [3.05, 3.63) is 70.0 Å². The fraction of sp³-hybridized carbons (Fsp3) is 0.0625. The molecule has 3 nitrogen and oxygen atoms in total. The minimum Gasteiger partial charge on any atom is -0.244 e. The maximum atomic E-state index is 8.70. The molecule has 1 aromatic carbocycles. The van der Waals surface area contributed by atoms with E-state index in [4.69, 9.17) is 22.1 Å². The van der Waals surface area contributed by atoms with Crippen molar-refractivity contribution in [2.75, 3.05) is 0 Å². The van der Waals surface area contributed by atoms with Gasteiger partial charge in [-0.3, -0.25) is 0 Å².